The summed E-state index contributed by atoms with van der Waals surface area (Å²) in [5.41, 5.74) is 3.43. The number of rotatable bonds is 3. The van der Waals surface area contributed by atoms with Crippen molar-refractivity contribution in [3.8, 4) is 0 Å². The Morgan fingerprint density at radius 3 is 2.50 bits per heavy atom. The lowest BCUT2D eigenvalue weighted by Crippen LogP contribution is -2.41. The molecule has 2 aromatic heterocycles. The van der Waals surface area contributed by atoms with Crippen LogP contribution in [0.4, 0.5) is 0 Å². The number of nitrogens with zero attached hydrogens (tertiary/aromatic N) is 2. The first-order valence-corrected chi connectivity index (χ1v) is 9.98. The highest BCUT2D eigenvalue weighted by atomic mass is 16.2. The van der Waals surface area contributed by atoms with Crippen molar-refractivity contribution in [3.05, 3.63) is 69.8 Å². The minimum Gasteiger partial charge on any atom is -0.349 e. The molecule has 0 bridgehead atoms. The van der Waals surface area contributed by atoms with E-state index in [1.54, 1.807) is 17.8 Å². The summed E-state index contributed by atoms with van der Waals surface area (Å²) >= 11 is 0. The Kier molecular flexibility index (Phi) is 4.84. The number of fused-ring (bicyclic) bond motifs is 1. The first kappa shape index (κ1) is 18.5. The summed E-state index contributed by atoms with van der Waals surface area (Å²) in [4.78, 5) is 26.0. The van der Waals surface area contributed by atoms with E-state index in [2.05, 4.69) is 29.6 Å². The molecule has 146 valence electrons. The van der Waals surface area contributed by atoms with Gasteiger partial charge in [0.25, 0.3) is 11.5 Å². The highest BCUT2D eigenvalue weighted by Gasteiger charge is 2.29. The van der Waals surface area contributed by atoms with Gasteiger partial charge in [0, 0.05) is 38.4 Å². The standard InChI is InChI=1S/C23H27N3O2/c1-15-13-26(3)23(28)20-18(14-25(2)21(15)20)22(27)24-19-12-8-7-11-17(19)16-9-5-4-6-10-16/h4-6,9-10,13-14,17,19H,7-8,11-12H2,1-3H3,(H,24,27)/t17-,19-/m0/s1. The van der Waals surface area contributed by atoms with Gasteiger partial charge in [-0.2, -0.15) is 0 Å². The molecule has 1 aliphatic rings. The number of carbonyl (C=O) groups excluding carboxylic acids is 1. The van der Waals surface area contributed by atoms with Gasteiger partial charge >= 0.3 is 0 Å². The second kappa shape index (κ2) is 7.30. The molecule has 5 nitrogen and oxygen atoms in total. The van der Waals surface area contributed by atoms with Crippen LogP contribution in [0.2, 0.25) is 0 Å². The van der Waals surface area contributed by atoms with Crippen molar-refractivity contribution in [1.29, 1.82) is 0 Å². The quantitative estimate of drug-likeness (QED) is 0.758. The van der Waals surface area contributed by atoms with Gasteiger partial charge in [-0.1, -0.05) is 43.2 Å². The first-order valence-electron chi connectivity index (χ1n) is 9.98. The molecule has 1 aromatic carbocycles. The highest BCUT2D eigenvalue weighted by molar-refractivity contribution is 6.07. The minimum absolute atomic E-state index is 0.0903. The number of amides is 1. The molecule has 2 atom stereocenters. The molecule has 1 saturated carbocycles. The molecule has 3 aromatic rings. The predicted molar refractivity (Wildman–Crippen MR) is 112 cm³/mol. The Morgan fingerprint density at radius 2 is 1.75 bits per heavy atom. The monoisotopic (exact) mass is 377 g/mol. The smallest absolute Gasteiger partial charge is 0.260 e. The summed E-state index contributed by atoms with van der Waals surface area (Å²) in [6, 6.07) is 10.5. The predicted octanol–water partition coefficient (Wildman–Crippen LogP) is 3.64. The third-order valence-corrected chi connectivity index (χ3v) is 6.03. The Bertz CT molecular complexity index is 1080. The van der Waals surface area contributed by atoms with Crippen LogP contribution in [0.1, 0.15) is 53.1 Å². The van der Waals surface area contributed by atoms with E-state index in [1.165, 1.54) is 12.0 Å². The van der Waals surface area contributed by atoms with Crippen LogP contribution in [-0.4, -0.2) is 21.1 Å². The topological polar surface area (TPSA) is 56.0 Å². The molecule has 2 heterocycles. The molecule has 1 N–H and O–H groups in total. The largest absolute Gasteiger partial charge is 0.349 e. The number of nitrogens with one attached hydrogen (secondary N) is 1. The number of hydrogen-bond donors (Lipinski definition) is 1. The Labute approximate surface area is 165 Å². The van der Waals surface area contributed by atoms with E-state index in [1.807, 2.05) is 30.8 Å². The lowest BCUT2D eigenvalue weighted by atomic mass is 9.80. The second-order valence-electron chi connectivity index (χ2n) is 7.99. The van der Waals surface area contributed by atoms with Gasteiger partial charge in [0.05, 0.1) is 16.5 Å². The van der Waals surface area contributed by atoms with Gasteiger partial charge in [-0.15, -0.1) is 0 Å². The molecule has 0 saturated heterocycles. The number of carbonyl (C=O) groups is 1. The molecule has 0 radical (unpaired) electrons. The molecule has 1 amide bonds. The fraction of sp³-hybridized carbons (Fsp3) is 0.391. The van der Waals surface area contributed by atoms with Crippen molar-refractivity contribution in [1.82, 2.24) is 14.5 Å². The summed E-state index contributed by atoms with van der Waals surface area (Å²) in [7, 11) is 3.62. The van der Waals surface area contributed by atoms with Crippen LogP contribution in [0.3, 0.4) is 0 Å². The van der Waals surface area contributed by atoms with Crippen LogP contribution in [0, 0.1) is 6.92 Å². The van der Waals surface area contributed by atoms with Gasteiger partial charge in [-0.05, 0) is 30.9 Å². The summed E-state index contributed by atoms with van der Waals surface area (Å²) in [5.74, 6) is 0.166. The lowest BCUT2D eigenvalue weighted by molar-refractivity contribution is 0.0922. The van der Waals surface area contributed by atoms with Crippen LogP contribution >= 0.6 is 0 Å². The normalized spacial score (nSPS) is 19.7. The fourth-order valence-electron chi connectivity index (χ4n) is 4.73. The summed E-state index contributed by atoms with van der Waals surface area (Å²) in [6.07, 6.45) is 7.94. The zero-order valence-electron chi connectivity index (χ0n) is 16.7. The van der Waals surface area contributed by atoms with Gasteiger partial charge in [0.1, 0.15) is 0 Å². The van der Waals surface area contributed by atoms with E-state index in [0.29, 0.717) is 16.9 Å². The van der Waals surface area contributed by atoms with Gasteiger partial charge in [-0.3, -0.25) is 9.59 Å². The van der Waals surface area contributed by atoms with Gasteiger partial charge < -0.3 is 14.5 Å². The molecule has 0 aliphatic heterocycles. The molecule has 0 spiro atoms. The highest BCUT2D eigenvalue weighted by Crippen LogP contribution is 2.33. The lowest BCUT2D eigenvalue weighted by Gasteiger charge is -2.32. The average molecular weight is 377 g/mol. The first-order chi connectivity index (χ1) is 13.5. The Balaban J connectivity index is 1.69. The maximum absolute atomic E-state index is 13.2. The summed E-state index contributed by atoms with van der Waals surface area (Å²) < 4.78 is 3.44. The second-order valence-corrected chi connectivity index (χ2v) is 7.99. The van der Waals surface area contributed by atoms with Crippen molar-refractivity contribution < 1.29 is 4.79 Å². The number of pyridine rings is 1. The average Bonchev–Trinajstić information content (AvgIpc) is 3.05. The van der Waals surface area contributed by atoms with Crippen molar-refractivity contribution in [3.63, 3.8) is 0 Å². The third kappa shape index (κ3) is 3.15. The third-order valence-electron chi connectivity index (χ3n) is 6.03. The summed E-state index contributed by atoms with van der Waals surface area (Å²) in [6.45, 7) is 1.97. The maximum Gasteiger partial charge on any atom is 0.260 e. The van der Waals surface area contributed by atoms with Crippen LogP contribution in [-0.2, 0) is 14.1 Å². The Hall–Kier alpha value is -2.82. The van der Waals surface area contributed by atoms with Gasteiger partial charge in [0.2, 0.25) is 0 Å². The molecule has 28 heavy (non-hydrogen) atoms. The van der Waals surface area contributed by atoms with E-state index >= 15 is 0 Å². The molecular formula is C23H27N3O2. The number of aromatic nitrogens is 2. The molecule has 4 rings (SSSR count). The van der Waals surface area contributed by atoms with E-state index < -0.39 is 0 Å². The fourth-order valence-corrected chi connectivity index (χ4v) is 4.73. The van der Waals surface area contributed by atoms with Crippen LogP contribution in [0.5, 0.6) is 0 Å². The van der Waals surface area contributed by atoms with E-state index in [9.17, 15) is 9.59 Å². The van der Waals surface area contributed by atoms with Gasteiger partial charge in [-0.25, -0.2) is 0 Å². The van der Waals surface area contributed by atoms with E-state index in [-0.39, 0.29) is 17.5 Å². The maximum atomic E-state index is 13.2. The number of aryl methyl sites for hydroxylation is 3. The molecule has 1 fully saturated rings. The molecule has 5 heteroatoms. The summed E-state index contributed by atoms with van der Waals surface area (Å²) in [5, 5.41) is 3.76. The van der Waals surface area contributed by atoms with Crippen molar-refractivity contribution >= 4 is 16.8 Å². The molecule has 1 aliphatic carbocycles. The van der Waals surface area contributed by atoms with Crippen LogP contribution < -0.4 is 10.9 Å². The van der Waals surface area contributed by atoms with E-state index in [4.69, 9.17) is 0 Å². The van der Waals surface area contributed by atoms with Crippen LogP contribution in [0.25, 0.3) is 10.9 Å². The van der Waals surface area contributed by atoms with Crippen molar-refractivity contribution in [2.24, 2.45) is 14.1 Å². The van der Waals surface area contributed by atoms with Crippen molar-refractivity contribution in [2.75, 3.05) is 0 Å². The number of benzene rings is 1. The van der Waals surface area contributed by atoms with Gasteiger partial charge in [0.15, 0.2) is 0 Å². The number of hydrogen-bond acceptors (Lipinski definition) is 2. The molecular weight excluding hydrogens is 350 g/mol. The van der Waals surface area contributed by atoms with E-state index in [0.717, 1.165) is 30.3 Å². The van der Waals surface area contributed by atoms with Crippen LogP contribution in [0.15, 0.2) is 47.5 Å². The zero-order valence-corrected chi connectivity index (χ0v) is 16.7. The SMILES string of the molecule is Cc1cn(C)c(=O)c2c(C(=O)N[C@H]3CCCC[C@H]3c3ccccc3)cn(C)c12. The molecule has 0 unspecified atom stereocenters. The minimum atomic E-state index is -0.152. The Morgan fingerprint density at radius 1 is 1.04 bits per heavy atom. The zero-order chi connectivity index (χ0) is 19.8. The van der Waals surface area contributed by atoms with Crippen molar-refractivity contribution in [2.45, 2.75) is 44.6 Å².